The molecule has 0 aliphatic carbocycles. The normalized spacial score (nSPS) is 10.1. The van der Waals surface area contributed by atoms with Crippen LogP contribution in [-0.4, -0.2) is 25.0 Å². The van der Waals surface area contributed by atoms with Gasteiger partial charge in [-0.15, -0.1) is 0 Å². The molecule has 1 amide bonds. The highest BCUT2D eigenvalue weighted by atomic mass is 16.5. The number of rotatable bonds is 5. The molecule has 1 aromatic heterocycles. The zero-order valence-electron chi connectivity index (χ0n) is 11.5. The predicted octanol–water partition coefficient (Wildman–Crippen LogP) is 2.52. The summed E-state index contributed by atoms with van der Waals surface area (Å²) in [6.45, 7) is 0.445. The van der Waals surface area contributed by atoms with Gasteiger partial charge in [0.05, 0.1) is 6.61 Å². The Morgan fingerprint density at radius 1 is 1.30 bits per heavy atom. The van der Waals surface area contributed by atoms with E-state index >= 15 is 0 Å². The van der Waals surface area contributed by atoms with Crippen LogP contribution in [-0.2, 0) is 11.3 Å². The second-order valence-corrected chi connectivity index (χ2v) is 4.22. The second kappa shape index (κ2) is 6.68. The molecule has 2 aromatic rings. The number of carbonyl (C=O) groups is 1. The van der Waals surface area contributed by atoms with Gasteiger partial charge in [0, 0.05) is 37.3 Å². The smallest absolute Gasteiger partial charge is 0.274 e. The lowest BCUT2D eigenvalue weighted by Gasteiger charge is -2.10. The molecule has 1 heterocycles. The third kappa shape index (κ3) is 3.33. The number of benzene rings is 1. The lowest BCUT2D eigenvalue weighted by Crippen LogP contribution is -2.15. The maximum absolute atomic E-state index is 12.2. The van der Waals surface area contributed by atoms with Gasteiger partial charge < -0.3 is 15.4 Å². The van der Waals surface area contributed by atoms with Crippen LogP contribution in [0.2, 0.25) is 0 Å². The van der Waals surface area contributed by atoms with E-state index in [0.717, 1.165) is 16.9 Å². The van der Waals surface area contributed by atoms with Crippen LogP contribution in [0.15, 0.2) is 42.6 Å². The zero-order chi connectivity index (χ0) is 14.4. The number of nitrogens with zero attached hydrogens (tertiary/aromatic N) is 1. The quantitative estimate of drug-likeness (QED) is 0.877. The standard InChI is InChI=1S/C15H17N3O2/c1-16-12-7-8-17-14(9-12)15(19)18-13-6-4-3-5-11(13)10-20-2/h3-9H,10H2,1-2H3,(H,16,17)(H,18,19). The molecule has 0 radical (unpaired) electrons. The Morgan fingerprint density at radius 2 is 2.10 bits per heavy atom. The highest BCUT2D eigenvalue weighted by Gasteiger charge is 2.10. The first-order chi connectivity index (χ1) is 9.74. The van der Waals surface area contributed by atoms with Crippen molar-refractivity contribution in [3.8, 4) is 0 Å². The summed E-state index contributed by atoms with van der Waals surface area (Å²) in [7, 11) is 3.42. The van der Waals surface area contributed by atoms with Crippen LogP contribution in [0.3, 0.4) is 0 Å². The van der Waals surface area contributed by atoms with E-state index in [1.54, 1.807) is 32.5 Å². The molecule has 0 fully saturated rings. The van der Waals surface area contributed by atoms with Crippen molar-refractivity contribution >= 4 is 17.3 Å². The maximum Gasteiger partial charge on any atom is 0.274 e. The number of ether oxygens (including phenoxy) is 1. The van der Waals surface area contributed by atoms with Gasteiger partial charge in [0.15, 0.2) is 0 Å². The number of amides is 1. The molecule has 1 aromatic carbocycles. The summed E-state index contributed by atoms with van der Waals surface area (Å²) in [5.74, 6) is -0.245. The highest BCUT2D eigenvalue weighted by Crippen LogP contribution is 2.17. The molecule has 5 nitrogen and oxygen atoms in total. The lowest BCUT2D eigenvalue weighted by atomic mass is 10.2. The second-order valence-electron chi connectivity index (χ2n) is 4.22. The highest BCUT2D eigenvalue weighted by molar-refractivity contribution is 6.03. The van der Waals surface area contributed by atoms with Gasteiger partial charge in [-0.05, 0) is 18.2 Å². The number of nitrogens with one attached hydrogen (secondary N) is 2. The molecule has 0 atom stereocenters. The largest absolute Gasteiger partial charge is 0.388 e. The number of aromatic nitrogens is 1. The fourth-order valence-electron chi connectivity index (χ4n) is 1.82. The van der Waals surface area contributed by atoms with Crippen molar-refractivity contribution < 1.29 is 9.53 Å². The molecule has 5 heteroatoms. The molecular formula is C15H17N3O2. The maximum atomic E-state index is 12.2. The molecule has 0 aliphatic rings. The predicted molar refractivity (Wildman–Crippen MR) is 78.9 cm³/mol. The minimum Gasteiger partial charge on any atom is -0.388 e. The Morgan fingerprint density at radius 3 is 2.85 bits per heavy atom. The molecule has 0 unspecified atom stereocenters. The van der Waals surface area contributed by atoms with Crippen molar-refractivity contribution in [2.24, 2.45) is 0 Å². The summed E-state index contributed by atoms with van der Waals surface area (Å²) in [6, 6.07) is 11.0. The van der Waals surface area contributed by atoms with Crippen LogP contribution >= 0.6 is 0 Å². The Balaban J connectivity index is 2.19. The van der Waals surface area contributed by atoms with Crippen LogP contribution in [0, 0.1) is 0 Å². The summed E-state index contributed by atoms with van der Waals surface area (Å²) >= 11 is 0. The first-order valence-electron chi connectivity index (χ1n) is 6.26. The molecule has 0 aliphatic heterocycles. The summed E-state index contributed by atoms with van der Waals surface area (Å²) < 4.78 is 5.12. The number of pyridine rings is 1. The topological polar surface area (TPSA) is 63.2 Å². The number of hydrogen-bond donors (Lipinski definition) is 2. The van der Waals surface area contributed by atoms with Crippen molar-refractivity contribution in [2.75, 3.05) is 24.8 Å². The molecule has 104 valence electrons. The molecule has 0 bridgehead atoms. The summed E-state index contributed by atoms with van der Waals surface area (Å²) in [5, 5.41) is 5.83. The Bertz CT molecular complexity index is 599. The van der Waals surface area contributed by atoms with Gasteiger partial charge in [-0.2, -0.15) is 0 Å². The van der Waals surface area contributed by atoms with Crippen LogP contribution in [0.5, 0.6) is 0 Å². The summed E-state index contributed by atoms with van der Waals surface area (Å²) in [6.07, 6.45) is 1.60. The van der Waals surface area contributed by atoms with E-state index in [9.17, 15) is 4.79 Å². The molecule has 20 heavy (non-hydrogen) atoms. The minimum atomic E-state index is -0.245. The number of hydrogen-bond acceptors (Lipinski definition) is 4. The van der Waals surface area contributed by atoms with E-state index in [4.69, 9.17) is 4.74 Å². The van der Waals surface area contributed by atoms with E-state index in [0.29, 0.717) is 12.3 Å². The number of anilines is 2. The van der Waals surface area contributed by atoms with Gasteiger partial charge in [0.1, 0.15) is 5.69 Å². The average Bonchev–Trinajstić information content (AvgIpc) is 2.49. The Hall–Kier alpha value is -2.40. The third-order valence-electron chi connectivity index (χ3n) is 2.85. The van der Waals surface area contributed by atoms with E-state index in [1.807, 2.05) is 24.3 Å². The average molecular weight is 271 g/mol. The van der Waals surface area contributed by atoms with Gasteiger partial charge in [-0.3, -0.25) is 9.78 Å². The van der Waals surface area contributed by atoms with Crippen molar-refractivity contribution in [3.63, 3.8) is 0 Å². The molecule has 2 N–H and O–H groups in total. The Labute approximate surface area is 118 Å². The number of para-hydroxylation sites is 1. The van der Waals surface area contributed by atoms with E-state index < -0.39 is 0 Å². The molecule has 0 saturated heterocycles. The van der Waals surface area contributed by atoms with Gasteiger partial charge in [-0.25, -0.2) is 0 Å². The van der Waals surface area contributed by atoms with Crippen LogP contribution < -0.4 is 10.6 Å². The number of methoxy groups -OCH3 is 1. The van der Waals surface area contributed by atoms with Crippen molar-refractivity contribution in [2.45, 2.75) is 6.61 Å². The van der Waals surface area contributed by atoms with Crippen LogP contribution in [0.25, 0.3) is 0 Å². The van der Waals surface area contributed by atoms with Gasteiger partial charge in [0.2, 0.25) is 0 Å². The molecule has 0 spiro atoms. The summed E-state index contributed by atoms with van der Waals surface area (Å²) in [5.41, 5.74) is 2.86. The fraction of sp³-hybridized carbons (Fsp3) is 0.200. The van der Waals surface area contributed by atoms with E-state index in [-0.39, 0.29) is 5.91 Å². The van der Waals surface area contributed by atoms with Crippen LogP contribution in [0.1, 0.15) is 16.1 Å². The van der Waals surface area contributed by atoms with Gasteiger partial charge >= 0.3 is 0 Å². The summed E-state index contributed by atoms with van der Waals surface area (Å²) in [4.78, 5) is 16.3. The third-order valence-corrected chi connectivity index (χ3v) is 2.85. The van der Waals surface area contributed by atoms with E-state index in [2.05, 4.69) is 15.6 Å². The van der Waals surface area contributed by atoms with Gasteiger partial charge in [0.25, 0.3) is 5.91 Å². The van der Waals surface area contributed by atoms with Crippen molar-refractivity contribution in [1.29, 1.82) is 0 Å². The lowest BCUT2D eigenvalue weighted by molar-refractivity contribution is 0.102. The van der Waals surface area contributed by atoms with Crippen molar-refractivity contribution in [1.82, 2.24) is 4.98 Å². The van der Waals surface area contributed by atoms with Gasteiger partial charge in [-0.1, -0.05) is 18.2 Å². The zero-order valence-corrected chi connectivity index (χ0v) is 11.5. The molecule has 2 rings (SSSR count). The SMILES string of the molecule is CNc1ccnc(C(=O)Nc2ccccc2COC)c1. The van der Waals surface area contributed by atoms with Crippen LogP contribution in [0.4, 0.5) is 11.4 Å². The minimum absolute atomic E-state index is 0.245. The molecule has 0 saturated carbocycles. The van der Waals surface area contributed by atoms with Crippen molar-refractivity contribution in [3.05, 3.63) is 53.9 Å². The number of carbonyl (C=O) groups excluding carboxylic acids is 1. The fourth-order valence-corrected chi connectivity index (χ4v) is 1.82. The van der Waals surface area contributed by atoms with E-state index in [1.165, 1.54) is 0 Å². The monoisotopic (exact) mass is 271 g/mol. The Kier molecular flexibility index (Phi) is 4.68. The molecular weight excluding hydrogens is 254 g/mol. The first-order valence-corrected chi connectivity index (χ1v) is 6.26. The first kappa shape index (κ1) is 14.0.